The second-order valence-corrected chi connectivity index (χ2v) is 6.92. The van der Waals surface area contributed by atoms with Crippen molar-refractivity contribution >= 4 is 47.4 Å². The highest BCUT2D eigenvalue weighted by atomic mass is 127. The van der Waals surface area contributed by atoms with Crippen LogP contribution < -0.4 is 14.8 Å². The Labute approximate surface area is 195 Å². The molecule has 1 aromatic carbocycles. The average Bonchev–Trinajstić information content (AvgIpc) is 2.68. The number of guanidine groups is 1. The van der Waals surface area contributed by atoms with Gasteiger partial charge in [-0.2, -0.15) is 0 Å². The van der Waals surface area contributed by atoms with E-state index in [4.69, 9.17) is 21.1 Å². The van der Waals surface area contributed by atoms with Crippen molar-refractivity contribution in [1.29, 1.82) is 0 Å². The summed E-state index contributed by atoms with van der Waals surface area (Å²) in [5, 5.41) is 3.80. The number of nitrogens with zero attached hydrogens (tertiary/aromatic N) is 3. The summed E-state index contributed by atoms with van der Waals surface area (Å²) >= 11 is 6.30. The summed E-state index contributed by atoms with van der Waals surface area (Å²) in [7, 11) is 1.88. The second-order valence-electron chi connectivity index (χ2n) is 6.51. The fourth-order valence-corrected chi connectivity index (χ4v) is 3.31. The highest BCUT2D eigenvalue weighted by Crippen LogP contribution is 2.38. The molecule has 0 spiro atoms. The molecule has 0 unspecified atom stereocenters. The fraction of sp³-hybridized carbons (Fsp3) is 0.600. The lowest BCUT2D eigenvalue weighted by Gasteiger charge is -2.25. The molecule has 0 atom stereocenters. The molecule has 1 heterocycles. The SMILES string of the molecule is CCNC(=NCCc1cc(Cl)c2c(c1)OCCO2)N(C)CC(=O)N(CC)CC.I. The lowest BCUT2D eigenvalue weighted by Crippen LogP contribution is -2.45. The Morgan fingerprint density at radius 2 is 1.90 bits per heavy atom. The van der Waals surface area contributed by atoms with Crippen LogP contribution in [0.2, 0.25) is 5.02 Å². The molecule has 1 N–H and O–H groups in total. The summed E-state index contributed by atoms with van der Waals surface area (Å²) in [6, 6.07) is 3.85. The van der Waals surface area contributed by atoms with Crippen molar-refractivity contribution in [2.24, 2.45) is 4.99 Å². The smallest absolute Gasteiger partial charge is 0.242 e. The van der Waals surface area contributed by atoms with Crippen molar-refractivity contribution < 1.29 is 14.3 Å². The Kier molecular flexibility index (Phi) is 11.5. The molecule has 29 heavy (non-hydrogen) atoms. The topological polar surface area (TPSA) is 66.4 Å². The third-order valence-corrected chi connectivity index (χ3v) is 4.78. The van der Waals surface area contributed by atoms with Gasteiger partial charge < -0.3 is 24.6 Å². The van der Waals surface area contributed by atoms with Gasteiger partial charge in [-0.1, -0.05) is 11.6 Å². The van der Waals surface area contributed by atoms with E-state index in [1.54, 1.807) is 0 Å². The number of hydrogen-bond acceptors (Lipinski definition) is 4. The number of amides is 1. The molecular formula is C20H32ClIN4O3. The highest BCUT2D eigenvalue weighted by molar-refractivity contribution is 14.0. The first-order chi connectivity index (χ1) is 13.5. The molecule has 0 bridgehead atoms. The van der Waals surface area contributed by atoms with Crippen molar-refractivity contribution in [2.45, 2.75) is 27.2 Å². The number of fused-ring (bicyclic) bond motifs is 1. The molecule has 0 radical (unpaired) electrons. The van der Waals surface area contributed by atoms with Crippen molar-refractivity contribution in [3.63, 3.8) is 0 Å². The van der Waals surface area contributed by atoms with E-state index in [0.717, 1.165) is 12.1 Å². The van der Waals surface area contributed by atoms with Gasteiger partial charge in [-0.05, 0) is 44.9 Å². The molecule has 1 amide bonds. The molecule has 164 valence electrons. The third-order valence-electron chi connectivity index (χ3n) is 4.50. The lowest BCUT2D eigenvalue weighted by atomic mass is 10.1. The maximum atomic E-state index is 12.4. The molecule has 1 aliphatic rings. The van der Waals surface area contributed by atoms with Gasteiger partial charge in [0.25, 0.3) is 0 Å². The summed E-state index contributed by atoms with van der Waals surface area (Å²) in [6.45, 7) is 10.0. The number of likely N-dealkylation sites (N-methyl/N-ethyl adjacent to an activating group) is 2. The average molecular weight is 539 g/mol. The summed E-state index contributed by atoms with van der Waals surface area (Å²) in [5.41, 5.74) is 1.04. The van der Waals surface area contributed by atoms with E-state index in [-0.39, 0.29) is 29.9 Å². The first-order valence-electron chi connectivity index (χ1n) is 9.85. The molecule has 0 aromatic heterocycles. The Balaban J connectivity index is 0.00000420. The monoisotopic (exact) mass is 538 g/mol. The summed E-state index contributed by atoms with van der Waals surface area (Å²) in [4.78, 5) is 20.7. The van der Waals surface area contributed by atoms with Gasteiger partial charge in [0.2, 0.25) is 5.91 Å². The van der Waals surface area contributed by atoms with E-state index < -0.39 is 0 Å². The lowest BCUT2D eigenvalue weighted by molar-refractivity contribution is -0.131. The van der Waals surface area contributed by atoms with Gasteiger partial charge >= 0.3 is 0 Å². The van der Waals surface area contributed by atoms with Crippen LogP contribution in [-0.4, -0.2) is 74.7 Å². The number of nitrogens with one attached hydrogen (secondary N) is 1. The number of ether oxygens (including phenoxy) is 2. The second kappa shape index (κ2) is 13.0. The number of hydrogen-bond donors (Lipinski definition) is 1. The fourth-order valence-electron chi connectivity index (χ4n) is 3.02. The molecule has 7 nitrogen and oxygen atoms in total. The largest absolute Gasteiger partial charge is 0.486 e. The predicted octanol–water partition coefficient (Wildman–Crippen LogP) is 3.04. The first kappa shape index (κ1) is 25.6. The predicted molar refractivity (Wildman–Crippen MR) is 128 cm³/mol. The number of benzene rings is 1. The van der Waals surface area contributed by atoms with Gasteiger partial charge in [-0.25, -0.2) is 0 Å². The van der Waals surface area contributed by atoms with Crippen LogP contribution in [0.15, 0.2) is 17.1 Å². The standard InChI is InChI=1S/C20H31ClN4O3.HI/c1-5-22-20(24(4)14-18(26)25(6-2)7-3)23-9-8-15-12-16(21)19-17(13-15)27-10-11-28-19;/h12-13H,5-11,14H2,1-4H3,(H,22,23);1H. The van der Waals surface area contributed by atoms with Crippen LogP contribution in [0.5, 0.6) is 11.5 Å². The van der Waals surface area contributed by atoms with Crippen LogP contribution in [0.1, 0.15) is 26.3 Å². The first-order valence-corrected chi connectivity index (χ1v) is 10.2. The van der Waals surface area contributed by atoms with Gasteiger partial charge in [0, 0.05) is 33.2 Å². The summed E-state index contributed by atoms with van der Waals surface area (Å²) < 4.78 is 11.2. The van der Waals surface area contributed by atoms with E-state index >= 15 is 0 Å². The Hall–Kier alpha value is -1.42. The molecule has 0 saturated carbocycles. The third kappa shape index (κ3) is 7.40. The maximum absolute atomic E-state index is 12.4. The Morgan fingerprint density at radius 1 is 1.21 bits per heavy atom. The Morgan fingerprint density at radius 3 is 2.55 bits per heavy atom. The van der Waals surface area contributed by atoms with E-state index in [0.29, 0.717) is 68.3 Å². The van der Waals surface area contributed by atoms with E-state index in [1.807, 2.05) is 49.8 Å². The Bertz CT molecular complexity index is 699. The highest BCUT2D eigenvalue weighted by Gasteiger charge is 2.17. The molecule has 0 aliphatic carbocycles. The van der Waals surface area contributed by atoms with Gasteiger partial charge in [0.1, 0.15) is 13.2 Å². The van der Waals surface area contributed by atoms with Crippen LogP contribution in [0.3, 0.4) is 0 Å². The van der Waals surface area contributed by atoms with Gasteiger partial charge in [-0.15, -0.1) is 24.0 Å². The van der Waals surface area contributed by atoms with Crippen LogP contribution in [-0.2, 0) is 11.2 Å². The maximum Gasteiger partial charge on any atom is 0.242 e. The van der Waals surface area contributed by atoms with E-state index in [2.05, 4.69) is 10.3 Å². The van der Waals surface area contributed by atoms with Crippen molar-refractivity contribution in [3.8, 4) is 11.5 Å². The molecule has 0 saturated heterocycles. The van der Waals surface area contributed by atoms with Gasteiger partial charge in [0.15, 0.2) is 17.5 Å². The minimum atomic E-state index is 0. The molecule has 0 fully saturated rings. The number of halogens is 2. The van der Waals surface area contributed by atoms with E-state index in [9.17, 15) is 4.79 Å². The van der Waals surface area contributed by atoms with Crippen molar-refractivity contribution in [2.75, 3.05) is 53.0 Å². The van der Waals surface area contributed by atoms with Gasteiger partial charge in [-0.3, -0.25) is 9.79 Å². The number of carbonyl (C=O) groups excluding carboxylic acids is 1. The summed E-state index contributed by atoms with van der Waals surface area (Å²) in [6.07, 6.45) is 0.711. The minimum absolute atomic E-state index is 0. The molecule has 2 rings (SSSR count). The minimum Gasteiger partial charge on any atom is -0.486 e. The molecule has 1 aliphatic heterocycles. The van der Waals surface area contributed by atoms with Crippen molar-refractivity contribution in [3.05, 3.63) is 22.7 Å². The zero-order valence-corrected chi connectivity index (χ0v) is 20.8. The number of aliphatic imine (C=N–C) groups is 1. The number of carbonyl (C=O) groups is 1. The molecule has 9 heteroatoms. The summed E-state index contributed by atoms with van der Waals surface area (Å²) in [5.74, 6) is 2.11. The molecular weight excluding hydrogens is 507 g/mol. The number of rotatable bonds is 8. The van der Waals surface area contributed by atoms with E-state index in [1.165, 1.54) is 0 Å². The zero-order chi connectivity index (χ0) is 20.5. The van der Waals surface area contributed by atoms with Crippen LogP contribution in [0.4, 0.5) is 0 Å². The van der Waals surface area contributed by atoms with Gasteiger partial charge in [0.05, 0.1) is 11.6 Å². The zero-order valence-electron chi connectivity index (χ0n) is 17.7. The molecule has 1 aromatic rings. The van der Waals surface area contributed by atoms with Crippen LogP contribution in [0.25, 0.3) is 0 Å². The normalized spacial score (nSPS) is 12.8. The van der Waals surface area contributed by atoms with Crippen molar-refractivity contribution in [1.82, 2.24) is 15.1 Å². The quantitative estimate of drug-likeness (QED) is 0.313. The van der Waals surface area contributed by atoms with Crippen LogP contribution in [0, 0.1) is 0 Å². The van der Waals surface area contributed by atoms with Crippen LogP contribution >= 0.6 is 35.6 Å².